The quantitative estimate of drug-likeness (QED) is 0.833. The maximum atomic E-state index is 12.7. The lowest BCUT2D eigenvalue weighted by Crippen LogP contribution is -2.45. The number of hydrogen-bond acceptors (Lipinski definition) is 3. The number of ether oxygens (including phenoxy) is 1. The molecule has 1 aromatic rings. The molecule has 0 heterocycles. The Bertz CT molecular complexity index is 434. The number of nitrogens with zero attached hydrogens (tertiary/aromatic N) is 1. The van der Waals surface area contributed by atoms with E-state index in [1.54, 1.807) is 12.0 Å². The van der Waals surface area contributed by atoms with Gasteiger partial charge < -0.3 is 15.4 Å². The van der Waals surface area contributed by atoms with E-state index in [4.69, 9.17) is 10.5 Å². The van der Waals surface area contributed by atoms with Crippen molar-refractivity contribution in [1.29, 1.82) is 0 Å². The molecule has 0 bridgehead atoms. The van der Waals surface area contributed by atoms with Gasteiger partial charge in [0.1, 0.15) is 5.75 Å². The molecule has 2 N–H and O–H groups in total. The van der Waals surface area contributed by atoms with Gasteiger partial charge in [0.2, 0.25) is 5.91 Å². The summed E-state index contributed by atoms with van der Waals surface area (Å²) in [5.74, 6) is 0.911. The van der Waals surface area contributed by atoms with Gasteiger partial charge in [-0.15, -0.1) is 0 Å². The summed E-state index contributed by atoms with van der Waals surface area (Å²) >= 11 is 0. The average molecular weight is 278 g/mol. The molecule has 0 saturated heterocycles. The fraction of sp³-hybridized carbons (Fsp3) is 0.562. The molecular formula is C16H26N2O2. The van der Waals surface area contributed by atoms with E-state index in [0.29, 0.717) is 13.1 Å². The van der Waals surface area contributed by atoms with Crippen molar-refractivity contribution in [3.05, 3.63) is 29.8 Å². The van der Waals surface area contributed by atoms with Crippen LogP contribution < -0.4 is 10.5 Å². The van der Waals surface area contributed by atoms with Gasteiger partial charge in [0.25, 0.3) is 0 Å². The average Bonchev–Trinajstić information content (AvgIpc) is 2.50. The van der Waals surface area contributed by atoms with E-state index >= 15 is 0 Å². The number of carbonyl (C=O) groups excluding carboxylic acids is 1. The Balaban J connectivity index is 2.90. The Morgan fingerprint density at radius 1 is 1.30 bits per heavy atom. The largest absolute Gasteiger partial charge is 0.496 e. The minimum atomic E-state index is -0.448. The van der Waals surface area contributed by atoms with Crippen LogP contribution in [0.25, 0.3) is 0 Å². The zero-order valence-corrected chi connectivity index (χ0v) is 13.0. The van der Waals surface area contributed by atoms with Gasteiger partial charge in [-0.3, -0.25) is 4.79 Å². The Labute approximate surface area is 121 Å². The van der Waals surface area contributed by atoms with Crippen LogP contribution in [0.4, 0.5) is 0 Å². The molecule has 1 amide bonds. The van der Waals surface area contributed by atoms with Crippen molar-refractivity contribution in [2.75, 3.05) is 20.7 Å². The Morgan fingerprint density at radius 3 is 2.40 bits per heavy atom. The van der Waals surface area contributed by atoms with Crippen molar-refractivity contribution in [2.24, 2.45) is 11.1 Å². The summed E-state index contributed by atoms with van der Waals surface area (Å²) in [6, 6.07) is 7.76. The first kappa shape index (κ1) is 16.5. The van der Waals surface area contributed by atoms with Crippen molar-refractivity contribution in [3.8, 4) is 5.75 Å². The molecule has 0 fully saturated rings. The van der Waals surface area contributed by atoms with Gasteiger partial charge in [0, 0.05) is 25.7 Å². The molecule has 0 radical (unpaired) electrons. The second kappa shape index (κ2) is 7.29. The van der Waals surface area contributed by atoms with Gasteiger partial charge in [0.15, 0.2) is 0 Å². The number of nitrogens with two attached hydrogens (primary N) is 1. The number of hydrogen-bond donors (Lipinski definition) is 1. The second-order valence-corrected chi connectivity index (χ2v) is 5.16. The van der Waals surface area contributed by atoms with Crippen molar-refractivity contribution in [2.45, 2.75) is 33.2 Å². The highest BCUT2D eigenvalue weighted by Gasteiger charge is 2.35. The smallest absolute Gasteiger partial charge is 0.230 e. The zero-order valence-electron chi connectivity index (χ0n) is 13.0. The van der Waals surface area contributed by atoms with Gasteiger partial charge >= 0.3 is 0 Å². The first-order valence-electron chi connectivity index (χ1n) is 7.12. The molecule has 1 rings (SSSR count). The van der Waals surface area contributed by atoms with Gasteiger partial charge in [0.05, 0.1) is 12.5 Å². The monoisotopic (exact) mass is 278 g/mol. The molecule has 4 nitrogen and oxygen atoms in total. The molecule has 0 atom stereocenters. The topological polar surface area (TPSA) is 55.6 Å². The summed E-state index contributed by atoms with van der Waals surface area (Å²) in [6.45, 7) is 4.95. The summed E-state index contributed by atoms with van der Waals surface area (Å²) in [4.78, 5) is 14.4. The lowest BCUT2D eigenvalue weighted by Gasteiger charge is -2.33. The van der Waals surface area contributed by atoms with Gasteiger partial charge in [-0.1, -0.05) is 32.0 Å². The summed E-state index contributed by atoms with van der Waals surface area (Å²) in [7, 11) is 3.47. The normalized spacial score (nSPS) is 11.2. The first-order chi connectivity index (χ1) is 9.54. The molecule has 0 unspecified atom stereocenters. The molecule has 0 aliphatic heterocycles. The summed E-state index contributed by atoms with van der Waals surface area (Å²) in [6.07, 6.45) is 1.52. The third kappa shape index (κ3) is 3.31. The SMILES string of the molecule is CCC(CC)(CN)C(=O)N(C)Cc1ccccc1OC. The van der Waals surface area contributed by atoms with Gasteiger partial charge in [-0.25, -0.2) is 0 Å². The minimum Gasteiger partial charge on any atom is -0.496 e. The van der Waals surface area contributed by atoms with E-state index in [1.165, 1.54) is 0 Å². The molecule has 1 aromatic carbocycles. The van der Waals surface area contributed by atoms with Crippen LogP contribution >= 0.6 is 0 Å². The van der Waals surface area contributed by atoms with Crippen LogP contribution in [0.2, 0.25) is 0 Å². The minimum absolute atomic E-state index is 0.107. The number of para-hydroxylation sites is 1. The number of methoxy groups -OCH3 is 1. The fourth-order valence-corrected chi connectivity index (χ4v) is 2.49. The van der Waals surface area contributed by atoms with Gasteiger partial charge in [-0.2, -0.15) is 0 Å². The summed E-state index contributed by atoms with van der Waals surface area (Å²) < 4.78 is 5.33. The molecular weight excluding hydrogens is 252 g/mol. The van der Waals surface area contributed by atoms with Crippen molar-refractivity contribution >= 4 is 5.91 Å². The van der Waals surface area contributed by atoms with E-state index in [2.05, 4.69) is 0 Å². The standard InChI is InChI=1S/C16H26N2O2/c1-5-16(6-2,12-17)15(19)18(3)11-13-9-7-8-10-14(13)20-4/h7-10H,5-6,11-12,17H2,1-4H3. The van der Waals surface area contributed by atoms with Crippen LogP contribution in [0.1, 0.15) is 32.3 Å². The van der Waals surface area contributed by atoms with Crippen LogP contribution in [0.5, 0.6) is 5.75 Å². The van der Waals surface area contributed by atoms with E-state index in [-0.39, 0.29) is 5.91 Å². The van der Waals surface area contributed by atoms with E-state index in [1.807, 2.05) is 45.2 Å². The molecule has 0 spiro atoms. The number of rotatable bonds is 7. The van der Waals surface area contributed by atoms with Crippen LogP contribution in [0, 0.1) is 5.41 Å². The van der Waals surface area contributed by atoms with E-state index < -0.39 is 5.41 Å². The lowest BCUT2D eigenvalue weighted by molar-refractivity contribution is -0.141. The van der Waals surface area contributed by atoms with E-state index in [0.717, 1.165) is 24.2 Å². The summed E-state index contributed by atoms with van der Waals surface area (Å²) in [5.41, 5.74) is 6.40. The van der Waals surface area contributed by atoms with E-state index in [9.17, 15) is 4.79 Å². The third-order valence-corrected chi connectivity index (χ3v) is 4.14. The Morgan fingerprint density at radius 2 is 1.90 bits per heavy atom. The maximum absolute atomic E-state index is 12.7. The highest BCUT2D eigenvalue weighted by atomic mass is 16.5. The predicted molar refractivity (Wildman–Crippen MR) is 81.5 cm³/mol. The molecule has 0 aliphatic rings. The first-order valence-corrected chi connectivity index (χ1v) is 7.12. The van der Waals surface area contributed by atoms with Crippen LogP contribution in [-0.2, 0) is 11.3 Å². The number of benzene rings is 1. The predicted octanol–water partition coefficient (Wildman–Crippen LogP) is 2.42. The maximum Gasteiger partial charge on any atom is 0.230 e. The number of amides is 1. The Hall–Kier alpha value is -1.55. The lowest BCUT2D eigenvalue weighted by atomic mass is 9.81. The Kier molecular flexibility index (Phi) is 6.02. The van der Waals surface area contributed by atoms with Crippen LogP contribution in [0.3, 0.4) is 0 Å². The summed E-state index contributed by atoms with van der Waals surface area (Å²) in [5, 5.41) is 0. The van der Waals surface area contributed by atoms with Crippen molar-refractivity contribution in [3.63, 3.8) is 0 Å². The molecule has 0 aromatic heterocycles. The van der Waals surface area contributed by atoms with Crippen molar-refractivity contribution in [1.82, 2.24) is 4.90 Å². The number of carbonyl (C=O) groups is 1. The fourth-order valence-electron chi connectivity index (χ4n) is 2.49. The third-order valence-electron chi connectivity index (χ3n) is 4.14. The zero-order chi connectivity index (χ0) is 15.2. The molecule has 112 valence electrons. The molecule has 0 aliphatic carbocycles. The van der Waals surface area contributed by atoms with Crippen molar-refractivity contribution < 1.29 is 9.53 Å². The highest BCUT2D eigenvalue weighted by Crippen LogP contribution is 2.28. The van der Waals surface area contributed by atoms with Crippen LogP contribution in [0.15, 0.2) is 24.3 Å². The molecule has 4 heteroatoms. The van der Waals surface area contributed by atoms with Crippen LogP contribution in [-0.4, -0.2) is 31.5 Å². The second-order valence-electron chi connectivity index (χ2n) is 5.16. The molecule has 0 saturated carbocycles. The van der Waals surface area contributed by atoms with Gasteiger partial charge in [-0.05, 0) is 18.9 Å². The highest BCUT2D eigenvalue weighted by molar-refractivity contribution is 5.82. The molecule has 20 heavy (non-hydrogen) atoms.